The standard InChI is InChI=1S/C13H26N4O/c1-6-8-14-11(13(3,4)18-7-2)9-12-15-10-16-17(12)5/h10-11,14H,6-9H2,1-5H3. The summed E-state index contributed by atoms with van der Waals surface area (Å²) < 4.78 is 7.68. The Morgan fingerprint density at radius 1 is 1.44 bits per heavy atom. The summed E-state index contributed by atoms with van der Waals surface area (Å²) in [7, 11) is 1.92. The molecule has 0 spiro atoms. The van der Waals surface area contributed by atoms with Gasteiger partial charge in [-0.2, -0.15) is 5.10 Å². The molecule has 0 aliphatic heterocycles. The smallest absolute Gasteiger partial charge is 0.138 e. The van der Waals surface area contributed by atoms with Crippen molar-refractivity contribution in [3.8, 4) is 0 Å². The molecule has 0 fully saturated rings. The van der Waals surface area contributed by atoms with Crippen LogP contribution in [0.1, 0.15) is 39.9 Å². The number of nitrogens with one attached hydrogen (secondary N) is 1. The average Bonchev–Trinajstić information content (AvgIpc) is 2.70. The predicted molar refractivity (Wildman–Crippen MR) is 72.5 cm³/mol. The van der Waals surface area contributed by atoms with Gasteiger partial charge < -0.3 is 10.1 Å². The molecule has 1 aromatic heterocycles. The number of hydrogen-bond donors (Lipinski definition) is 1. The minimum atomic E-state index is -0.212. The molecule has 1 N–H and O–H groups in total. The second-order valence-corrected chi connectivity index (χ2v) is 5.05. The third-order valence-corrected chi connectivity index (χ3v) is 3.19. The van der Waals surface area contributed by atoms with E-state index in [1.165, 1.54) is 0 Å². The minimum Gasteiger partial charge on any atom is -0.374 e. The van der Waals surface area contributed by atoms with Crippen LogP contribution in [0.25, 0.3) is 0 Å². The van der Waals surface area contributed by atoms with Crippen LogP contribution in [0.4, 0.5) is 0 Å². The molecule has 0 saturated carbocycles. The van der Waals surface area contributed by atoms with Gasteiger partial charge in [0.05, 0.1) is 5.60 Å². The highest BCUT2D eigenvalue weighted by Crippen LogP contribution is 2.18. The van der Waals surface area contributed by atoms with E-state index in [0.717, 1.165) is 31.8 Å². The molecule has 104 valence electrons. The van der Waals surface area contributed by atoms with Gasteiger partial charge >= 0.3 is 0 Å². The Hall–Kier alpha value is -0.940. The molecule has 0 amide bonds. The molecule has 1 rings (SSSR count). The molecule has 0 bridgehead atoms. The monoisotopic (exact) mass is 254 g/mol. The first kappa shape index (κ1) is 15.1. The molecule has 0 aromatic carbocycles. The van der Waals surface area contributed by atoms with Crippen LogP contribution in [0.2, 0.25) is 0 Å². The minimum absolute atomic E-state index is 0.212. The Morgan fingerprint density at radius 3 is 2.67 bits per heavy atom. The quantitative estimate of drug-likeness (QED) is 0.764. The van der Waals surface area contributed by atoms with Gasteiger partial charge in [0.2, 0.25) is 0 Å². The summed E-state index contributed by atoms with van der Waals surface area (Å²) in [5.41, 5.74) is -0.212. The van der Waals surface area contributed by atoms with Gasteiger partial charge in [-0.3, -0.25) is 4.68 Å². The fourth-order valence-corrected chi connectivity index (χ4v) is 2.04. The van der Waals surface area contributed by atoms with Crippen LogP contribution < -0.4 is 5.32 Å². The van der Waals surface area contributed by atoms with Crippen LogP contribution >= 0.6 is 0 Å². The summed E-state index contributed by atoms with van der Waals surface area (Å²) in [6, 6.07) is 0.236. The van der Waals surface area contributed by atoms with Crippen LogP contribution in [0.15, 0.2) is 6.33 Å². The fraction of sp³-hybridized carbons (Fsp3) is 0.846. The number of aryl methyl sites for hydroxylation is 1. The first-order chi connectivity index (χ1) is 8.51. The Balaban J connectivity index is 2.75. The van der Waals surface area contributed by atoms with E-state index in [4.69, 9.17) is 4.74 Å². The largest absolute Gasteiger partial charge is 0.374 e. The number of aromatic nitrogens is 3. The zero-order valence-electron chi connectivity index (χ0n) is 12.2. The number of hydrogen-bond acceptors (Lipinski definition) is 4. The van der Waals surface area contributed by atoms with Crippen molar-refractivity contribution >= 4 is 0 Å². The van der Waals surface area contributed by atoms with Crippen molar-refractivity contribution in [2.75, 3.05) is 13.2 Å². The van der Waals surface area contributed by atoms with E-state index in [9.17, 15) is 0 Å². The number of nitrogens with zero attached hydrogens (tertiary/aromatic N) is 3. The summed E-state index contributed by atoms with van der Waals surface area (Å²) in [5.74, 6) is 0.983. The van der Waals surface area contributed by atoms with E-state index in [2.05, 4.69) is 36.2 Å². The molecule has 1 aromatic rings. The fourth-order valence-electron chi connectivity index (χ4n) is 2.04. The topological polar surface area (TPSA) is 52.0 Å². The highest BCUT2D eigenvalue weighted by molar-refractivity contribution is 4.96. The van der Waals surface area contributed by atoms with Crippen molar-refractivity contribution in [1.82, 2.24) is 20.1 Å². The molecule has 5 nitrogen and oxygen atoms in total. The first-order valence-corrected chi connectivity index (χ1v) is 6.71. The van der Waals surface area contributed by atoms with Crippen LogP contribution in [0.5, 0.6) is 0 Å². The molecule has 0 radical (unpaired) electrons. The van der Waals surface area contributed by atoms with Gasteiger partial charge in [-0.05, 0) is 33.7 Å². The van der Waals surface area contributed by atoms with Crippen LogP contribution in [0, 0.1) is 0 Å². The van der Waals surface area contributed by atoms with Crippen molar-refractivity contribution < 1.29 is 4.74 Å². The highest BCUT2D eigenvalue weighted by atomic mass is 16.5. The van der Waals surface area contributed by atoms with Gasteiger partial charge in [-0.15, -0.1) is 0 Å². The first-order valence-electron chi connectivity index (χ1n) is 6.71. The maximum Gasteiger partial charge on any atom is 0.138 e. The molecule has 1 heterocycles. The lowest BCUT2D eigenvalue weighted by atomic mass is 9.95. The van der Waals surface area contributed by atoms with Crippen molar-refractivity contribution in [2.24, 2.45) is 7.05 Å². The van der Waals surface area contributed by atoms with Gasteiger partial charge in [0.15, 0.2) is 0 Å². The Labute approximate surface area is 110 Å². The summed E-state index contributed by atoms with van der Waals surface area (Å²) in [4.78, 5) is 4.29. The lowest BCUT2D eigenvalue weighted by Gasteiger charge is -2.34. The van der Waals surface area contributed by atoms with Crippen LogP contribution in [-0.2, 0) is 18.2 Å². The third kappa shape index (κ3) is 4.07. The van der Waals surface area contributed by atoms with Crippen molar-refractivity contribution in [1.29, 1.82) is 0 Å². The maximum absolute atomic E-state index is 5.86. The second-order valence-electron chi connectivity index (χ2n) is 5.05. The number of rotatable bonds is 8. The molecule has 1 unspecified atom stereocenters. The molecule has 0 aliphatic carbocycles. The Kier molecular flexibility index (Phi) is 5.75. The van der Waals surface area contributed by atoms with Crippen LogP contribution in [-0.4, -0.2) is 39.6 Å². The lowest BCUT2D eigenvalue weighted by Crippen LogP contribution is -2.50. The molecule has 18 heavy (non-hydrogen) atoms. The van der Waals surface area contributed by atoms with Crippen LogP contribution in [0.3, 0.4) is 0 Å². The van der Waals surface area contributed by atoms with Gasteiger partial charge in [-0.1, -0.05) is 6.92 Å². The van der Waals surface area contributed by atoms with Crippen molar-refractivity contribution in [3.05, 3.63) is 12.2 Å². The molecule has 5 heteroatoms. The van der Waals surface area contributed by atoms with Crippen molar-refractivity contribution in [3.63, 3.8) is 0 Å². The molecular weight excluding hydrogens is 228 g/mol. The highest BCUT2D eigenvalue weighted by Gasteiger charge is 2.30. The summed E-state index contributed by atoms with van der Waals surface area (Å²) >= 11 is 0. The van der Waals surface area contributed by atoms with E-state index in [1.54, 1.807) is 6.33 Å². The third-order valence-electron chi connectivity index (χ3n) is 3.19. The van der Waals surface area contributed by atoms with Gasteiger partial charge in [0, 0.05) is 26.1 Å². The predicted octanol–water partition coefficient (Wildman–Crippen LogP) is 1.54. The molecule has 0 aliphatic rings. The lowest BCUT2D eigenvalue weighted by molar-refractivity contribution is -0.0385. The second kappa shape index (κ2) is 6.85. The maximum atomic E-state index is 5.86. The van der Waals surface area contributed by atoms with E-state index in [0.29, 0.717) is 0 Å². The summed E-state index contributed by atoms with van der Waals surface area (Å²) in [5, 5.41) is 7.67. The zero-order chi connectivity index (χ0) is 13.6. The van der Waals surface area contributed by atoms with Gasteiger partial charge in [-0.25, -0.2) is 4.98 Å². The Bertz CT molecular complexity index is 349. The summed E-state index contributed by atoms with van der Waals surface area (Å²) in [6.07, 6.45) is 3.53. The van der Waals surface area contributed by atoms with E-state index in [1.807, 2.05) is 18.7 Å². The molecule has 1 atom stereocenters. The SMILES string of the molecule is CCCNC(Cc1ncnn1C)C(C)(C)OCC. The normalized spacial score (nSPS) is 13.8. The van der Waals surface area contributed by atoms with Crippen molar-refractivity contribution in [2.45, 2.75) is 52.2 Å². The van der Waals surface area contributed by atoms with E-state index in [-0.39, 0.29) is 11.6 Å². The Morgan fingerprint density at radius 2 is 2.17 bits per heavy atom. The van der Waals surface area contributed by atoms with Gasteiger partial charge in [0.25, 0.3) is 0 Å². The van der Waals surface area contributed by atoms with Gasteiger partial charge in [0.1, 0.15) is 12.2 Å². The zero-order valence-corrected chi connectivity index (χ0v) is 12.2. The number of ether oxygens (including phenoxy) is 1. The molecule has 0 saturated heterocycles. The molecular formula is C13H26N4O. The van der Waals surface area contributed by atoms with E-state index < -0.39 is 0 Å². The van der Waals surface area contributed by atoms with E-state index >= 15 is 0 Å². The summed E-state index contributed by atoms with van der Waals surface area (Å²) in [6.45, 7) is 10.1. The average molecular weight is 254 g/mol.